The zero-order chi connectivity index (χ0) is 19.5. The Morgan fingerprint density at radius 3 is 2.82 bits per heavy atom. The summed E-state index contributed by atoms with van der Waals surface area (Å²) in [7, 11) is 1.65. The number of amides is 1. The van der Waals surface area contributed by atoms with Gasteiger partial charge in [0.25, 0.3) is 0 Å². The van der Waals surface area contributed by atoms with Gasteiger partial charge in [-0.05, 0) is 43.5 Å². The fourth-order valence-corrected chi connectivity index (χ4v) is 4.78. The van der Waals surface area contributed by atoms with Gasteiger partial charge >= 0.3 is 0 Å². The van der Waals surface area contributed by atoms with Crippen LogP contribution in [0.4, 0.5) is 5.13 Å². The van der Waals surface area contributed by atoms with E-state index in [9.17, 15) is 4.79 Å². The van der Waals surface area contributed by atoms with Gasteiger partial charge in [-0.15, -0.1) is 0 Å². The molecule has 0 bridgehead atoms. The molecule has 1 saturated heterocycles. The minimum atomic E-state index is 0.0579. The molecule has 4 rings (SSSR count). The number of aromatic nitrogens is 1. The van der Waals surface area contributed by atoms with Crippen LogP contribution in [0.5, 0.6) is 5.75 Å². The molecule has 0 saturated carbocycles. The molecule has 1 aromatic heterocycles. The van der Waals surface area contributed by atoms with Gasteiger partial charge in [0.2, 0.25) is 5.91 Å². The van der Waals surface area contributed by atoms with Crippen molar-refractivity contribution in [3.63, 3.8) is 0 Å². The lowest BCUT2D eigenvalue weighted by molar-refractivity contribution is -0.125. The Bertz CT molecular complexity index is 977. The summed E-state index contributed by atoms with van der Waals surface area (Å²) in [4.78, 5) is 19.7. The van der Waals surface area contributed by atoms with Crippen molar-refractivity contribution in [1.82, 2.24) is 10.3 Å². The van der Waals surface area contributed by atoms with Crippen LogP contribution in [0.3, 0.4) is 0 Å². The maximum absolute atomic E-state index is 12.6. The number of nitrogens with one attached hydrogen (secondary N) is 1. The maximum Gasteiger partial charge on any atom is 0.223 e. The van der Waals surface area contributed by atoms with Crippen molar-refractivity contribution in [2.24, 2.45) is 5.92 Å². The largest absolute Gasteiger partial charge is 0.496 e. The van der Waals surface area contributed by atoms with E-state index in [0.29, 0.717) is 6.54 Å². The molecule has 1 amide bonds. The van der Waals surface area contributed by atoms with Gasteiger partial charge in [0.1, 0.15) is 5.75 Å². The second-order valence-corrected chi connectivity index (χ2v) is 8.27. The van der Waals surface area contributed by atoms with Crippen LogP contribution in [0.25, 0.3) is 10.2 Å². The summed E-state index contributed by atoms with van der Waals surface area (Å²) in [6.07, 6.45) is 1.71. The number of hydrogen-bond acceptors (Lipinski definition) is 5. The fraction of sp³-hybridized carbons (Fsp3) is 0.364. The molecule has 1 aliphatic heterocycles. The van der Waals surface area contributed by atoms with Crippen molar-refractivity contribution in [1.29, 1.82) is 0 Å². The zero-order valence-electron chi connectivity index (χ0n) is 16.3. The topological polar surface area (TPSA) is 54.5 Å². The smallest absolute Gasteiger partial charge is 0.223 e. The molecule has 0 unspecified atom stereocenters. The Hall–Kier alpha value is -2.60. The molecule has 1 N–H and O–H groups in total. The van der Waals surface area contributed by atoms with Crippen LogP contribution in [0.2, 0.25) is 0 Å². The first-order valence-electron chi connectivity index (χ1n) is 9.66. The molecule has 0 aliphatic carbocycles. The summed E-state index contributed by atoms with van der Waals surface area (Å²) in [5, 5.41) is 4.14. The number of nitrogens with zero attached hydrogens (tertiary/aromatic N) is 2. The monoisotopic (exact) mass is 395 g/mol. The average molecular weight is 396 g/mol. The van der Waals surface area contributed by atoms with Crippen molar-refractivity contribution >= 4 is 32.6 Å². The van der Waals surface area contributed by atoms with Gasteiger partial charge in [-0.1, -0.05) is 35.6 Å². The van der Waals surface area contributed by atoms with Crippen molar-refractivity contribution in [3.05, 3.63) is 53.6 Å². The lowest BCUT2D eigenvalue weighted by Gasteiger charge is -2.31. The predicted octanol–water partition coefficient (Wildman–Crippen LogP) is 4.15. The highest BCUT2D eigenvalue weighted by Crippen LogP contribution is 2.32. The molecule has 1 fully saturated rings. The van der Waals surface area contributed by atoms with Crippen molar-refractivity contribution in [2.45, 2.75) is 26.3 Å². The second-order valence-electron chi connectivity index (χ2n) is 7.26. The van der Waals surface area contributed by atoms with Crippen LogP contribution in [0.15, 0.2) is 42.5 Å². The van der Waals surface area contributed by atoms with Crippen LogP contribution in [-0.4, -0.2) is 31.1 Å². The average Bonchev–Trinajstić information content (AvgIpc) is 3.15. The van der Waals surface area contributed by atoms with Crippen LogP contribution in [0.1, 0.15) is 24.0 Å². The first-order valence-corrected chi connectivity index (χ1v) is 10.5. The summed E-state index contributed by atoms with van der Waals surface area (Å²) in [6.45, 7) is 4.34. The number of rotatable bonds is 5. The zero-order valence-corrected chi connectivity index (χ0v) is 17.1. The van der Waals surface area contributed by atoms with E-state index in [1.165, 1.54) is 10.3 Å². The molecule has 28 heavy (non-hydrogen) atoms. The Labute approximate surface area is 169 Å². The van der Waals surface area contributed by atoms with Gasteiger partial charge in [0.05, 0.1) is 17.3 Å². The van der Waals surface area contributed by atoms with Crippen LogP contribution >= 0.6 is 11.3 Å². The van der Waals surface area contributed by atoms with Gasteiger partial charge in [-0.25, -0.2) is 4.98 Å². The number of hydrogen-bond donors (Lipinski definition) is 1. The lowest BCUT2D eigenvalue weighted by atomic mass is 9.96. The fourth-order valence-electron chi connectivity index (χ4n) is 3.66. The van der Waals surface area contributed by atoms with E-state index < -0.39 is 0 Å². The highest BCUT2D eigenvalue weighted by molar-refractivity contribution is 7.22. The Kier molecular flexibility index (Phi) is 5.48. The first kappa shape index (κ1) is 18.7. The predicted molar refractivity (Wildman–Crippen MR) is 114 cm³/mol. The maximum atomic E-state index is 12.6. The Balaban J connectivity index is 1.33. The Morgan fingerprint density at radius 2 is 2.04 bits per heavy atom. The number of aryl methyl sites for hydroxylation is 1. The summed E-state index contributed by atoms with van der Waals surface area (Å²) in [5.41, 5.74) is 3.32. The van der Waals surface area contributed by atoms with Crippen LogP contribution < -0.4 is 15.0 Å². The van der Waals surface area contributed by atoms with Gasteiger partial charge in [-0.2, -0.15) is 0 Å². The van der Waals surface area contributed by atoms with E-state index in [2.05, 4.69) is 35.3 Å². The molecule has 1 aliphatic rings. The molecule has 3 aromatic rings. The minimum Gasteiger partial charge on any atom is -0.496 e. The SMILES string of the molecule is COc1ccccc1CNC(=O)C1CCN(c2nc3ccc(C)cc3s2)CC1. The van der Waals surface area contributed by atoms with Crippen molar-refractivity contribution in [2.75, 3.05) is 25.1 Å². The summed E-state index contributed by atoms with van der Waals surface area (Å²) >= 11 is 1.74. The third kappa shape index (κ3) is 3.97. The molecular weight excluding hydrogens is 370 g/mol. The minimum absolute atomic E-state index is 0.0579. The third-order valence-corrected chi connectivity index (χ3v) is 6.39. The van der Waals surface area contributed by atoms with Gasteiger partial charge in [-0.3, -0.25) is 4.79 Å². The number of ether oxygens (including phenoxy) is 1. The van der Waals surface area contributed by atoms with Gasteiger partial charge in [0, 0.05) is 31.1 Å². The number of para-hydroxylation sites is 1. The number of methoxy groups -OCH3 is 1. The summed E-state index contributed by atoms with van der Waals surface area (Å²) in [6, 6.07) is 14.2. The highest BCUT2D eigenvalue weighted by atomic mass is 32.1. The summed E-state index contributed by atoms with van der Waals surface area (Å²) < 4.78 is 6.58. The van der Waals surface area contributed by atoms with Gasteiger partial charge < -0.3 is 15.0 Å². The molecule has 2 aromatic carbocycles. The number of piperidine rings is 1. The van der Waals surface area contributed by atoms with E-state index in [-0.39, 0.29) is 11.8 Å². The molecular formula is C22H25N3O2S. The lowest BCUT2D eigenvalue weighted by Crippen LogP contribution is -2.40. The van der Waals surface area contributed by atoms with E-state index >= 15 is 0 Å². The van der Waals surface area contributed by atoms with E-state index in [4.69, 9.17) is 9.72 Å². The molecule has 146 valence electrons. The van der Waals surface area contributed by atoms with E-state index in [1.807, 2.05) is 24.3 Å². The number of carbonyl (C=O) groups is 1. The van der Waals surface area contributed by atoms with Crippen molar-refractivity contribution < 1.29 is 9.53 Å². The second kappa shape index (κ2) is 8.19. The number of fused-ring (bicyclic) bond motifs is 1. The van der Waals surface area contributed by atoms with Gasteiger partial charge in [0.15, 0.2) is 5.13 Å². The van der Waals surface area contributed by atoms with E-state index in [1.54, 1.807) is 18.4 Å². The molecule has 0 spiro atoms. The molecule has 0 radical (unpaired) electrons. The number of anilines is 1. The number of benzene rings is 2. The van der Waals surface area contributed by atoms with Crippen LogP contribution in [0, 0.1) is 12.8 Å². The molecule has 6 heteroatoms. The molecule has 5 nitrogen and oxygen atoms in total. The highest BCUT2D eigenvalue weighted by Gasteiger charge is 2.26. The molecule has 2 heterocycles. The normalized spacial score (nSPS) is 15.0. The Morgan fingerprint density at radius 1 is 1.25 bits per heavy atom. The molecule has 0 atom stereocenters. The first-order chi connectivity index (χ1) is 13.6. The van der Waals surface area contributed by atoms with Crippen molar-refractivity contribution in [3.8, 4) is 5.75 Å². The summed E-state index contributed by atoms with van der Waals surface area (Å²) in [5.74, 6) is 0.997. The quantitative estimate of drug-likeness (QED) is 0.705. The van der Waals surface area contributed by atoms with E-state index in [0.717, 1.165) is 47.9 Å². The number of carbonyl (C=O) groups excluding carboxylic acids is 1. The number of thiazole rings is 1. The standard InChI is InChI=1S/C22H25N3O2S/c1-15-7-8-18-20(13-15)28-22(24-18)25-11-9-16(10-12-25)21(26)23-14-17-5-3-4-6-19(17)27-2/h3-8,13,16H,9-12,14H2,1-2H3,(H,23,26). The van der Waals surface area contributed by atoms with Crippen LogP contribution in [-0.2, 0) is 11.3 Å². The third-order valence-electron chi connectivity index (χ3n) is 5.31.